The highest BCUT2D eigenvalue weighted by atomic mass is 16.5. The molecule has 80 valence electrons. The van der Waals surface area contributed by atoms with Gasteiger partial charge in [-0.15, -0.1) is 0 Å². The van der Waals surface area contributed by atoms with Gasteiger partial charge in [0.1, 0.15) is 0 Å². The van der Waals surface area contributed by atoms with Crippen LogP contribution < -0.4 is 5.73 Å². The van der Waals surface area contributed by atoms with E-state index in [0.717, 1.165) is 25.9 Å². The Labute approximate surface area is 84.4 Å². The Bertz CT molecular complexity index is 232. The second-order valence-corrected chi connectivity index (χ2v) is 4.45. The van der Waals surface area contributed by atoms with E-state index in [2.05, 4.69) is 0 Å². The largest absolute Gasteiger partial charge is 0.381 e. The lowest BCUT2D eigenvalue weighted by Gasteiger charge is -2.52. The van der Waals surface area contributed by atoms with Crippen molar-refractivity contribution in [1.82, 2.24) is 4.90 Å². The van der Waals surface area contributed by atoms with E-state index in [1.54, 1.807) is 12.0 Å². The first-order valence-electron chi connectivity index (χ1n) is 5.25. The lowest BCUT2D eigenvalue weighted by molar-refractivity contribution is -0.115. The molecule has 1 atom stereocenters. The van der Waals surface area contributed by atoms with Crippen molar-refractivity contribution in [3.63, 3.8) is 0 Å². The van der Waals surface area contributed by atoms with Gasteiger partial charge in [-0.1, -0.05) is 0 Å². The molecule has 1 heterocycles. The van der Waals surface area contributed by atoms with Crippen molar-refractivity contribution >= 4 is 6.03 Å². The van der Waals surface area contributed by atoms with Gasteiger partial charge in [0.15, 0.2) is 0 Å². The summed E-state index contributed by atoms with van der Waals surface area (Å²) in [7, 11) is 1.78. The summed E-state index contributed by atoms with van der Waals surface area (Å²) < 4.78 is 5.44. The molecule has 4 heteroatoms. The van der Waals surface area contributed by atoms with Crippen LogP contribution in [-0.4, -0.2) is 37.2 Å². The molecular formula is C10H18N2O2. The number of rotatable bonds is 1. The maximum absolute atomic E-state index is 10.9. The van der Waals surface area contributed by atoms with Crippen molar-refractivity contribution in [2.45, 2.75) is 31.8 Å². The van der Waals surface area contributed by atoms with Crippen LogP contribution >= 0.6 is 0 Å². The fourth-order valence-electron chi connectivity index (χ4n) is 2.78. The number of nitrogens with two attached hydrogens (primary N) is 1. The molecule has 2 N–H and O–H groups in total. The van der Waals surface area contributed by atoms with E-state index in [9.17, 15) is 4.79 Å². The topological polar surface area (TPSA) is 55.6 Å². The quantitative estimate of drug-likeness (QED) is 0.682. The van der Waals surface area contributed by atoms with E-state index in [4.69, 9.17) is 10.5 Å². The average molecular weight is 198 g/mol. The van der Waals surface area contributed by atoms with Crippen molar-refractivity contribution < 1.29 is 9.53 Å². The number of hydrogen-bond acceptors (Lipinski definition) is 2. The molecule has 2 rings (SSSR count). The van der Waals surface area contributed by atoms with E-state index in [1.165, 1.54) is 12.8 Å². The number of methoxy groups -OCH3 is 1. The minimum atomic E-state index is -0.284. The number of ether oxygens (including phenoxy) is 1. The van der Waals surface area contributed by atoms with E-state index in [0.29, 0.717) is 11.5 Å². The Hall–Kier alpha value is -0.770. The van der Waals surface area contributed by atoms with Gasteiger partial charge >= 0.3 is 6.03 Å². The van der Waals surface area contributed by atoms with E-state index in [-0.39, 0.29) is 6.03 Å². The van der Waals surface area contributed by atoms with Gasteiger partial charge in [0.05, 0.1) is 6.10 Å². The molecule has 1 saturated carbocycles. The number of carbonyl (C=O) groups excluding carboxylic acids is 1. The summed E-state index contributed by atoms with van der Waals surface area (Å²) in [4.78, 5) is 12.7. The zero-order chi connectivity index (χ0) is 10.2. The molecule has 0 aromatic carbocycles. The number of likely N-dealkylation sites (tertiary alicyclic amines) is 1. The summed E-state index contributed by atoms with van der Waals surface area (Å²) in [5, 5.41) is 0. The van der Waals surface area contributed by atoms with Gasteiger partial charge < -0.3 is 15.4 Å². The first-order valence-corrected chi connectivity index (χ1v) is 5.25. The molecule has 1 aliphatic carbocycles. The monoisotopic (exact) mass is 198 g/mol. The van der Waals surface area contributed by atoms with Gasteiger partial charge in [-0.2, -0.15) is 0 Å². The van der Waals surface area contributed by atoms with Crippen LogP contribution in [0, 0.1) is 5.41 Å². The highest BCUT2D eigenvalue weighted by Crippen LogP contribution is 2.50. The van der Waals surface area contributed by atoms with Crippen molar-refractivity contribution in [2.24, 2.45) is 11.1 Å². The van der Waals surface area contributed by atoms with Gasteiger partial charge in [-0.25, -0.2) is 4.79 Å². The number of hydrogen-bond donors (Lipinski definition) is 1. The standard InChI is InChI=1S/C10H18N2O2/c1-14-8-2-3-10(8)4-6-12(7-5-10)9(11)13/h8H,2-7H2,1H3,(H2,11,13). The molecule has 14 heavy (non-hydrogen) atoms. The van der Waals surface area contributed by atoms with Crippen molar-refractivity contribution in [3.05, 3.63) is 0 Å². The van der Waals surface area contributed by atoms with Crippen molar-refractivity contribution in [1.29, 1.82) is 0 Å². The highest BCUT2D eigenvalue weighted by molar-refractivity contribution is 5.72. The fraction of sp³-hybridized carbons (Fsp3) is 0.900. The fourth-order valence-corrected chi connectivity index (χ4v) is 2.78. The molecule has 0 aromatic rings. The lowest BCUT2D eigenvalue weighted by atomic mass is 9.61. The van der Waals surface area contributed by atoms with Crippen molar-refractivity contribution in [3.8, 4) is 0 Å². The second-order valence-electron chi connectivity index (χ2n) is 4.45. The van der Waals surface area contributed by atoms with Crippen LogP contribution in [0.25, 0.3) is 0 Å². The molecule has 2 aliphatic rings. The molecule has 2 fully saturated rings. The van der Waals surface area contributed by atoms with Crippen LogP contribution in [0.5, 0.6) is 0 Å². The van der Waals surface area contributed by atoms with E-state index < -0.39 is 0 Å². The smallest absolute Gasteiger partial charge is 0.314 e. The molecule has 4 nitrogen and oxygen atoms in total. The summed E-state index contributed by atoms with van der Waals surface area (Å²) in [6, 6.07) is -0.284. The third kappa shape index (κ3) is 1.38. The molecule has 1 aliphatic heterocycles. The molecule has 0 bridgehead atoms. The molecular weight excluding hydrogens is 180 g/mol. The second kappa shape index (κ2) is 3.42. The highest BCUT2D eigenvalue weighted by Gasteiger charge is 2.48. The normalized spacial score (nSPS) is 30.1. The molecule has 1 spiro atoms. The maximum atomic E-state index is 10.9. The van der Waals surface area contributed by atoms with Crippen LogP contribution in [0.4, 0.5) is 4.79 Å². The molecule has 0 radical (unpaired) electrons. The minimum Gasteiger partial charge on any atom is -0.381 e. The number of nitrogens with zero attached hydrogens (tertiary/aromatic N) is 1. The SMILES string of the molecule is COC1CCC12CCN(C(N)=O)CC2. The van der Waals surface area contributed by atoms with Gasteiger partial charge in [0, 0.05) is 25.6 Å². The molecule has 1 unspecified atom stereocenters. The predicted molar refractivity (Wildman–Crippen MR) is 52.9 cm³/mol. The number of carbonyl (C=O) groups is 1. The number of amides is 2. The lowest BCUT2D eigenvalue weighted by Crippen LogP contribution is -2.54. The third-order valence-electron chi connectivity index (χ3n) is 3.94. The summed E-state index contributed by atoms with van der Waals surface area (Å²) in [5.41, 5.74) is 5.60. The van der Waals surface area contributed by atoms with Crippen LogP contribution in [0.1, 0.15) is 25.7 Å². The Kier molecular flexibility index (Phi) is 2.39. The summed E-state index contributed by atoms with van der Waals surface area (Å²) in [5.74, 6) is 0. The summed E-state index contributed by atoms with van der Waals surface area (Å²) in [6.45, 7) is 1.60. The van der Waals surface area contributed by atoms with Crippen LogP contribution in [-0.2, 0) is 4.74 Å². The number of primary amides is 1. The van der Waals surface area contributed by atoms with Gasteiger partial charge in [0.25, 0.3) is 0 Å². The van der Waals surface area contributed by atoms with Gasteiger partial charge in [-0.3, -0.25) is 0 Å². The molecule has 0 aromatic heterocycles. The van der Waals surface area contributed by atoms with E-state index in [1.807, 2.05) is 0 Å². The van der Waals surface area contributed by atoms with Crippen LogP contribution in [0.15, 0.2) is 0 Å². The summed E-state index contributed by atoms with van der Waals surface area (Å²) in [6.07, 6.45) is 4.94. The average Bonchev–Trinajstić information content (AvgIpc) is 2.17. The Morgan fingerprint density at radius 3 is 2.43 bits per heavy atom. The zero-order valence-electron chi connectivity index (χ0n) is 8.66. The third-order valence-corrected chi connectivity index (χ3v) is 3.94. The Morgan fingerprint density at radius 2 is 2.07 bits per heavy atom. The first kappa shape index (κ1) is 9.77. The Morgan fingerprint density at radius 1 is 1.43 bits per heavy atom. The van der Waals surface area contributed by atoms with Crippen LogP contribution in [0.3, 0.4) is 0 Å². The van der Waals surface area contributed by atoms with Gasteiger partial charge in [0.2, 0.25) is 0 Å². The van der Waals surface area contributed by atoms with Gasteiger partial charge in [-0.05, 0) is 25.7 Å². The minimum absolute atomic E-state index is 0.284. The molecule has 1 saturated heterocycles. The summed E-state index contributed by atoms with van der Waals surface area (Å²) >= 11 is 0. The predicted octanol–water partition coefficient (Wildman–Crippen LogP) is 0.956. The first-order chi connectivity index (χ1) is 6.68. The number of piperidine rings is 1. The van der Waals surface area contributed by atoms with Crippen molar-refractivity contribution in [2.75, 3.05) is 20.2 Å². The number of urea groups is 1. The van der Waals surface area contributed by atoms with E-state index >= 15 is 0 Å². The maximum Gasteiger partial charge on any atom is 0.314 e. The zero-order valence-corrected chi connectivity index (χ0v) is 8.66. The molecule has 2 amide bonds. The van der Waals surface area contributed by atoms with Crippen LogP contribution in [0.2, 0.25) is 0 Å². The Balaban J connectivity index is 1.92.